The van der Waals surface area contributed by atoms with Gasteiger partial charge in [0.05, 0.1) is 22.4 Å². The van der Waals surface area contributed by atoms with E-state index in [1.807, 2.05) is 48.5 Å². The van der Waals surface area contributed by atoms with Crippen LogP contribution in [0.25, 0.3) is 22.3 Å². The molecule has 6 aromatic rings. The van der Waals surface area contributed by atoms with Gasteiger partial charge in [-0.3, -0.25) is 13.9 Å². The van der Waals surface area contributed by atoms with Gasteiger partial charge in [0, 0.05) is 16.7 Å². The van der Waals surface area contributed by atoms with E-state index in [4.69, 9.17) is 0 Å². The van der Waals surface area contributed by atoms with Crippen molar-refractivity contribution in [1.29, 1.82) is 0 Å². The van der Waals surface area contributed by atoms with E-state index < -0.39 is 7.44 Å². The Morgan fingerprint density at radius 3 is 1.74 bits per heavy atom. The summed E-state index contributed by atoms with van der Waals surface area (Å²) in [6.45, 7) is 4.58. The number of anilines is 4. The van der Waals surface area contributed by atoms with E-state index in [1.165, 1.54) is 16.7 Å². The largest absolute Gasteiger partial charge is 0.301 e. The first-order chi connectivity index (χ1) is 21.0. The molecule has 0 saturated heterocycles. The number of hydrogen-bond donors (Lipinski definition) is 0. The molecule has 0 aromatic heterocycles. The number of fused-ring (bicyclic) bond motifs is 4. The standard InChI is InChI=1S/C39H31N2OP/c1-39(2)33-19-10-9-18-32(33)38-34(39)20-13-23-37(38)41-36-22-12-11-21-35(36)40(43(41,42)31-16-7-4-8-17-31)30-26-24-29(25-27-30)28-14-5-3-6-15-28/h3-27H,1-2H3. The molecule has 1 aliphatic carbocycles. The highest BCUT2D eigenvalue weighted by Crippen LogP contribution is 2.71. The molecule has 0 bridgehead atoms. The zero-order valence-electron chi connectivity index (χ0n) is 24.2. The van der Waals surface area contributed by atoms with E-state index in [-0.39, 0.29) is 5.41 Å². The second-order valence-electron chi connectivity index (χ2n) is 11.8. The third-order valence-electron chi connectivity index (χ3n) is 9.01. The summed E-state index contributed by atoms with van der Waals surface area (Å²) in [6, 6.07) is 52.3. The lowest BCUT2D eigenvalue weighted by atomic mass is 9.82. The lowest BCUT2D eigenvalue weighted by molar-refractivity contribution is 0.582. The van der Waals surface area contributed by atoms with E-state index in [0.29, 0.717) is 0 Å². The highest BCUT2D eigenvalue weighted by atomic mass is 31.2. The first-order valence-corrected chi connectivity index (χ1v) is 16.4. The SMILES string of the molecule is CC1(C)c2ccccc2-c2c(N3c4ccccc4N(c4ccc(-c5ccccc5)cc4)P3(=O)c3ccccc3)cccc21. The molecule has 8 rings (SSSR count). The minimum Gasteiger partial charge on any atom is -0.270 e. The fourth-order valence-electron chi connectivity index (χ4n) is 6.97. The zero-order valence-corrected chi connectivity index (χ0v) is 25.1. The molecule has 0 saturated carbocycles. The van der Waals surface area contributed by atoms with Crippen molar-refractivity contribution in [2.45, 2.75) is 19.3 Å². The molecule has 2 aliphatic rings. The van der Waals surface area contributed by atoms with Crippen molar-refractivity contribution in [2.75, 3.05) is 9.34 Å². The van der Waals surface area contributed by atoms with Gasteiger partial charge in [-0.1, -0.05) is 123 Å². The van der Waals surface area contributed by atoms with Gasteiger partial charge in [-0.2, -0.15) is 0 Å². The number of para-hydroxylation sites is 2. The van der Waals surface area contributed by atoms with Gasteiger partial charge >= 0.3 is 7.44 Å². The molecule has 1 unspecified atom stereocenters. The van der Waals surface area contributed by atoms with E-state index in [0.717, 1.165) is 44.7 Å². The van der Waals surface area contributed by atoms with Crippen LogP contribution < -0.4 is 14.6 Å². The van der Waals surface area contributed by atoms with Gasteiger partial charge in [0.25, 0.3) is 0 Å². The maximum Gasteiger partial charge on any atom is 0.301 e. The first kappa shape index (κ1) is 25.8. The van der Waals surface area contributed by atoms with Crippen molar-refractivity contribution in [1.82, 2.24) is 0 Å². The average molecular weight is 575 g/mol. The maximum absolute atomic E-state index is 16.2. The van der Waals surface area contributed by atoms with Crippen LogP contribution in [0.5, 0.6) is 0 Å². The summed E-state index contributed by atoms with van der Waals surface area (Å²) >= 11 is 0. The molecule has 0 spiro atoms. The Kier molecular flexibility index (Phi) is 5.76. The summed E-state index contributed by atoms with van der Waals surface area (Å²) in [5.74, 6) is 0. The van der Waals surface area contributed by atoms with Crippen molar-refractivity contribution in [3.63, 3.8) is 0 Å². The highest BCUT2D eigenvalue weighted by molar-refractivity contribution is 7.76. The van der Waals surface area contributed by atoms with Gasteiger partial charge in [-0.15, -0.1) is 0 Å². The lowest BCUT2D eigenvalue weighted by Gasteiger charge is -2.34. The van der Waals surface area contributed by atoms with Crippen molar-refractivity contribution in [3.8, 4) is 22.3 Å². The number of hydrogen-bond acceptors (Lipinski definition) is 1. The molecule has 0 amide bonds. The van der Waals surface area contributed by atoms with Crippen LogP contribution in [0.15, 0.2) is 152 Å². The van der Waals surface area contributed by atoms with Gasteiger partial charge < -0.3 is 0 Å². The predicted octanol–water partition coefficient (Wildman–Crippen LogP) is 10.5. The molecular weight excluding hydrogens is 543 g/mol. The van der Waals surface area contributed by atoms with Gasteiger partial charge in [0.15, 0.2) is 0 Å². The number of benzene rings is 6. The fourth-order valence-corrected chi connectivity index (χ4v) is 9.99. The Bertz CT molecular complexity index is 2030. The smallest absolute Gasteiger partial charge is 0.270 e. The summed E-state index contributed by atoms with van der Waals surface area (Å²) in [6.07, 6.45) is 0. The summed E-state index contributed by atoms with van der Waals surface area (Å²) in [5.41, 5.74) is 10.8. The minimum absolute atomic E-state index is 0.162. The Labute approximate surface area is 253 Å². The first-order valence-electron chi connectivity index (χ1n) is 14.7. The summed E-state index contributed by atoms with van der Waals surface area (Å²) in [5, 5.41) is 0.793. The average Bonchev–Trinajstić information content (AvgIpc) is 3.47. The quantitative estimate of drug-likeness (QED) is 0.196. The number of nitrogens with zero attached hydrogens (tertiary/aromatic N) is 2. The second kappa shape index (κ2) is 9.59. The fraction of sp³-hybridized carbons (Fsp3) is 0.0769. The highest BCUT2D eigenvalue weighted by Gasteiger charge is 2.50. The molecule has 1 aliphatic heterocycles. The Hall–Kier alpha value is -4.85. The molecule has 1 atom stereocenters. The topological polar surface area (TPSA) is 23.6 Å². The van der Waals surface area contributed by atoms with Crippen LogP contribution in [0.1, 0.15) is 25.0 Å². The lowest BCUT2D eigenvalue weighted by Crippen LogP contribution is -2.27. The number of rotatable bonds is 4. The molecule has 0 N–H and O–H groups in total. The molecule has 6 aromatic carbocycles. The summed E-state index contributed by atoms with van der Waals surface area (Å²) in [7, 11) is -3.47. The summed E-state index contributed by atoms with van der Waals surface area (Å²) < 4.78 is 20.4. The van der Waals surface area contributed by atoms with Crippen LogP contribution in [0.3, 0.4) is 0 Å². The Morgan fingerprint density at radius 2 is 1.02 bits per heavy atom. The van der Waals surface area contributed by atoms with Gasteiger partial charge in [0.2, 0.25) is 0 Å². The van der Waals surface area contributed by atoms with Crippen LogP contribution in [0, 0.1) is 0 Å². The zero-order chi connectivity index (χ0) is 29.2. The third kappa shape index (κ3) is 3.72. The van der Waals surface area contributed by atoms with Crippen molar-refractivity contribution in [2.24, 2.45) is 0 Å². The maximum atomic E-state index is 16.2. The molecule has 1 heterocycles. The van der Waals surface area contributed by atoms with Crippen molar-refractivity contribution >= 4 is 35.5 Å². The van der Waals surface area contributed by atoms with E-state index in [9.17, 15) is 0 Å². The molecule has 43 heavy (non-hydrogen) atoms. The minimum atomic E-state index is -3.47. The van der Waals surface area contributed by atoms with Gasteiger partial charge in [-0.05, 0) is 70.3 Å². The van der Waals surface area contributed by atoms with Gasteiger partial charge in [-0.25, -0.2) is 0 Å². The summed E-state index contributed by atoms with van der Waals surface area (Å²) in [4.78, 5) is 0. The molecule has 3 nitrogen and oxygen atoms in total. The van der Waals surface area contributed by atoms with Crippen LogP contribution in [-0.2, 0) is 9.98 Å². The molecule has 208 valence electrons. The monoisotopic (exact) mass is 574 g/mol. The third-order valence-corrected chi connectivity index (χ3v) is 11.9. The van der Waals surface area contributed by atoms with Crippen molar-refractivity contribution in [3.05, 3.63) is 163 Å². The molecule has 0 radical (unpaired) electrons. The van der Waals surface area contributed by atoms with Crippen LogP contribution in [0.2, 0.25) is 0 Å². The van der Waals surface area contributed by atoms with Crippen LogP contribution in [0.4, 0.5) is 22.7 Å². The van der Waals surface area contributed by atoms with Crippen molar-refractivity contribution < 1.29 is 4.57 Å². The Morgan fingerprint density at radius 1 is 0.488 bits per heavy atom. The molecule has 0 fully saturated rings. The van der Waals surface area contributed by atoms with Crippen LogP contribution >= 0.6 is 7.44 Å². The second-order valence-corrected chi connectivity index (χ2v) is 14.2. The Balaban J connectivity index is 1.39. The molecule has 4 heteroatoms. The van der Waals surface area contributed by atoms with Gasteiger partial charge in [0.1, 0.15) is 0 Å². The van der Waals surface area contributed by atoms with Crippen LogP contribution in [-0.4, -0.2) is 0 Å². The van der Waals surface area contributed by atoms with E-state index in [1.54, 1.807) is 0 Å². The predicted molar refractivity (Wildman–Crippen MR) is 180 cm³/mol. The molecular formula is C39H31N2OP. The normalized spacial score (nSPS) is 17.8. The van der Waals surface area contributed by atoms with E-state index in [2.05, 4.69) is 126 Å². The van der Waals surface area contributed by atoms with E-state index >= 15 is 4.57 Å².